The van der Waals surface area contributed by atoms with E-state index >= 15 is 0 Å². The number of benzene rings is 4. The van der Waals surface area contributed by atoms with E-state index in [0.29, 0.717) is 25.2 Å². The van der Waals surface area contributed by atoms with Gasteiger partial charge in [0.25, 0.3) is 5.91 Å². The third-order valence-electron chi connectivity index (χ3n) is 7.00. The van der Waals surface area contributed by atoms with Crippen LogP contribution in [-0.2, 0) is 17.8 Å². The number of ether oxygens (including phenoxy) is 2. The number of carbonyl (C=O) groups is 1. The fraction of sp³-hybridized carbons (Fsp3) is 0.118. The van der Waals surface area contributed by atoms with Crippen LogP contribution in [0.1, 0.15) is 21.6 Å². The Morgan fingerprint density at radius 3 is 1.97 bits per heavy atom. The molecule has 5 nitrogen and oxygen atoms in total. The number of hydrogen-bond acceptors (Lipinski definition) is 4. The fourth-order valence-electron chi connectivity index (χ4n) is 5.11. The number of rotatable bonds is 8. The molecule has 0 atom stereocenters. The molecule has 6 rings (SSSR count). The van der Waals surface area contributed by atoms with Gasteiger partial charge >= 0.3 is 0 Å². The van der Waals surface area contributed by atoms with Gasteiger partial charge in [0.1, 0.15) is 11.4 Å². The lowest BCUT2D eigenvalue weighted by Crippen LogP contribution is -2.25. The number of nitrogens with zero attached hydrogens (tertiary/aromatic N) is 2. The third kappa shape index (κ3) is 4.92. The molecule has 0 bridgehead atoms. The zero-order valence-corrected chi connectivity index (χ0v) is 21.7. The highest BCUT2D eigenvalue weighted by Crippen LogP contribution is 2.40. The van der Waals surface area contributed by atoms with Crippen molar-refractivity contribution in [3.8, 4) is 28.1 Å². The molecule has 0 amide bonds. The van der Waals surface area contributed by atoms with Crippen LogP contribution in [-0.4, -0.2) is 29.4 Å². The lowest BCUT2D eigenvalue weighted by Gasteiger charge is -2.22. The number of hydrogen-bond donors (Lipinski definition) is 0. The van der Waals surface area contributed by atoms with E-state index in [0.717, 1.165) is 50.5 Å². The standard InChI is InChI=1S/C34H28N2O3/c1-38-29-19-17-26(18-20-29)31-28(23-39-22-24-11-5-2-6-12-24)21-30-32(25-13-7-3-8-14-25)33(35-36(30)34(31)37)27-15-9-4-10-16-27/h2-20H,21-23H2,1H3. The molecule has 1 aliphatic heterocycles. The Labute approximate surface area is 228 Å². The van der Waals surface area contributed by atoms with Gasteiger partial charge in [0, 0.05) is 17.5 Å². The Morgan fingerprint density at radius 2 is 1.33 bits per heavy atom. The van der Waals surface area contributed by atoms with E-state index in [2.05, 4.69) is 12.1 Å². The van der Waals surface area contributed by atoms with Crippen molar-refractivity contribution in [3.63, 3.8) is 0 Å². The van der Waals surface area contributed by atoms with Crippen LogP contribution in [0.2, 0.25) is 0 Å². The summed E-state index contributed by atoms with van der Waals surface area (Å²) in [5, 5.41) is 4.92. The van der Waals surface area contributed by atoms with E-state index < -0.39 is 0 Å². The van der Waals surface area contributed by atoms with Gasteiger partial charge in [0.05, 0.1) is 31.6 Å². The topological polar surface area (TPSA) is 53.4 Å². The smallest absolute Gasteiger partial charge is 0.279 e. The average molecular weight is 513 g/mol. The van der Waals surface area contributed by atoms with Crippen molar-refractivity contribution in [2.75, 3.05) is 13.7 Å². The van der Waals surface area contributed by atoms with Crippen LogP contribution in [0.4, 0.5) is 0 Å². The molecule has 0 fully saturated rings. The Kier molecular flexibility index (Phi) is 6.89. The second-order valence-electron chi connectivity index (χ2n) is 9.48. The highest BCUT2D eigenvalue weighted by molar-refractivity contribution is 6.23. The van der Waals surface area contributed by atoms with Crippen molar-refractivity contribution in [1.29, 1.82) is 0 Å². The first-order valence-corrected chi connectivity index (χ1v) is 13.0. The van der Waals surface area contributed by atoms with Crippen molar-refractivity contribution in [3.05, 3.63) is 138 Å². The van der Waals surface area contributed by atoms with Gasteiger partial charge in [0.2, 0.25) is 0 Å². The van der Waals surface area contributed by atoms with Crippen LogP contribution < -0.4 is 4.74 Å². The summed E-state index contributed by atoms with van der Waals surface area (Å²) in [6.45, 7) is 0.802. The molecule has 1 aromatic heterocycles. The predicted molar refractivity (Wildman–Crippen MR) is 153 cm³/mol. The number of fused-ring (bicyclic) bond motifs is 1. The Balaban J connectivity index is 1.46. The van der Waals surface area contributed by atoms with Gasteiger partial charge in [-0.15, -0.1) is 0 Å². The van der Waals surface area contributed by atoms with Crippen LogP contribution >= 0.6 is 0 Å². The minimum absolute atomic E-state index is 0.154. The molecule has 5 aromatic rings. The molecular formula is C34H28N2O3. The zero-order chi connectivity index (χ0) is 26.6. The van der Waals surface area contributed by atoms with Crippen LogP contribution in [0, 0.1) is 0 Å². The molecule has 0 N–H and O–H groups in total. The van der Waals surface area contributed by atoms with Gasteiger partial charge < -0.3 is 9.47 Å². The minimum atomic E-state index is -0.154. The predicted octanol–water partition coefficient (Wildman–Crippen LogP) is 7.09. The molecule has 1 aliphatic rings. The summed E-state index contributed by atoms with van der Waals surface area (Å²) in [7, 11) is 1.63. The van der Waals surface area contributed by atoms with E-state index in [1.54, 1.807) is 11.8 Å². The molecule has 0 saturated carbocycles. The molecule has 0 saturated heterocycles. The normalized spacial score (nSPS) is 12.9. The molecule has 39 heavy (non-hydrogen) atoms. The number of carbonyl (C=O) groups excluding carboxylic acids is 1. The molecule has 0 aliphatic carbocycles. The van der Waals surface area contributed by atoms with E-state index in [1.165, 1.54) is 0 Å². The quantitative estimate of drug-likeness (QED) is 0.223. The monoisotopic (exact) mass is 512 g/mol. The molecule has 4 aromatic carbocycles. The van der Waals surface area contributed by atoms with Gasteiger partial charge in [-0.2, -0.15) is 9.78 Å². The van der Waals surface area contributed by atoms with E-state index in [9.17, 15) is 4.79 Å². The molecule has 0 radical (unpaired) electrons. The molecule has 5 heteroatoms. The van der Waals surface area contributed by atoms with Crippen molar-refractivity contribution in [2.24, 2.45) is 0 Å². The number of aromatic nitrogens is 2. The summed E-state index contributed by atoms with van der Waals surface area (Å²) in [5.41, 5.74) is 8.12. The summed E-state index contributed by atoms with van der Waals surface area (Å²) in [6.07, 6.45) is 0.548. The highest BCUT2D eigenvalue weighted by Gasteiger charge is 2.32. The Bertz CT molecular complexity index is 1620. The summed E-state index contributed by atoms with van der Waals surface area (Å²) >= 11 is 0. The highest BCUT2D eigenvalue weighted by atomic mass is 16.5. The van der Waals surface area contributed by atoms with Crippen molar-refractivity contribution < 1.29 is 14.3 Å². The van der Waals surface area contributed by atoms with Crippen LogP contribution in [0.25, 0.3) is 28.0 Å². The Morgan fingerprint density at radius 1 is 0.718 bits per heavy atom. The van der Waals surface area contributed by atoms with Gasteiger partial charge in [-0.25, -0.2) is 0 Å². The van der Waals surface area contributed by atoms with E-state index in [1.807, 2.05) is 103 Å². The number of methoxy groups -OCH3 is 1. The van der Waals surface area contributed by atoms with Crippen LogP contribution in [0.3, 0.4) is 0 Å². The van der Waals surface area contributed by atoms with E-state index in [4.69, 9.17) is 14.6 Å². The SMILES string of the molecule is COc1ccc(C2=C(COCc3ccccc3)Cc3c(-c4ccccc4)c(-c4ccccc4)nn3C2=O)cc1. The van der Waals surface area contributed by atoms with Gasteiger partial charge in [-0.05, 0) is 34.4 Å². The lowest BCUT2D eigenvalue weighted by atomic mass is 9.90. The first kappa shape index (κ1) is 24.6. The summed E-state index contributed by atoms with van der Waals surface area (Å²) in [6, 6.07) is 37.9. The summed E-state index contributed by atoms with van der Waals surface area (Å²) < 4.78 is 13.1. The summed E-state index contributed by atoms with van der Waals surface area (Å²) in [4.78, 5) is 14.2. The van der Waals surface area contributed by atoms with Gasteiger partial charge in [0.15, 0.2) is 0 Å². The second-order valence-corrected chi connectivity index (χ2v) is 9.48. The molecule has 0 spiro atoms. The van der Waals surface area contributed by atoms with Crippen LogP contribution in [0.5, 0.6) is 5.75 Å². The molecule has 192 valence electrons. The molecule has 0 unspecified atom stereocenters. The number of allylic oxidation sites excluding steroid dienone is 1. The summed E-state index contributed by atoms with van der Waals surface area (Å²) in [5.74, 6) is 0.584. The molecule has 2 heterocycles. The first-order chi connectivity index (χ1) is 19.2. The maximum absolute atomic E-state index is 14.2. The minimum Gasteiger partial charge on any atom is -0.497 e. The van der Waals surface area contributed by atoms with Gasteiger partial charge in [-0.3, -0.25) is 4.79 Å². The Hall–Kier alpha value is -4.74. The van der Waals surface area contributed by atoms with Crippen molar-refractivity contribution >= 4 is 11.5 Å². The van der Waals surface area contributed by atoms with Crippen LogP contribution in [0.15, 0.2) is 121 Å². The average Bonchev–Trinajstić information content (AvgIpc) is 3.39. The fourth-order valence-corrected chi connectivity index (χ4v) is 5.11. The maximum atomic E-state index is 14.2. The van der Waals surface area contributed by atoms with E-state index in [-0.39, 0.29) is 5.91 Å². The lowest BCUT2D eigenvalue weighted by molar-refractivity contribution is 0.0951. The molecular weight excluding hydrogens is 484 g/mol. The largest absolute Gasteiger partial charge is 0.497 e. The third-order valence-corrected chi connectivity index (χ3v) is 7.00. The van der Waals surface area contributed by atoms with Crippen molar-refractivity contribution in [1.82, 2.24) is 9.78 Å². The second kappa shape index (κ2) is 10.9. The van der Waals surface area contributed by atoms with Gasteiger partial charge in [-0.1, -0.05) is 103 Å². The zero-order valence-electron chi connectivity index (χ0n) is 21.7. The maximum Gasteiger partial charge on any atom is 0.279 e. The van der Waals surface area contributed by atoms with Crippen molar-refractivity contribution in [2.45, 2.75) is 13.0 Å². The first-order valence-electron chi connectivity index (χ1n) is 13.0.